The standard InChI is InChI=1S/C14H17FN4O/c1-2-3-13-17-6-7-19(13)9-11-5-4-10(8-12(11)15)14(16)18-20/h4-8,20H,2-3,9H2,1H3,(H2,16,18). The maximum absolute atomic E-state index is 14.0. The van der Waals surface area contributed by atoms with Crippen LogP contribution in [0.5, 0.6) is 0 Å². The number of rotatable bonds is 5. The highest BCUT2D eigenvalue weighted by Crippen LogP contribution is 2.13. The molecule has 6 heteroatoms. The zero-order valence-corrected chi connectivity index (χ0v) is 11.3. The van der Waals surface area contributed by atoms with Crippen LogP contribution in [0.1, 0.15) is 30.3 Å². The molecule has 1 heterocycles. The van der Waals surface area contributed by atoms with Crippen LogP contribution in [0.3, 0.4) is 0 Å². The van der Waals surface area contributed by atoms with E-state index in [1.165, 1.54) is 6.07 Å². The van der Waals surface area contributed by atoms with Gasteiger partial charge in [-0.25, -0.2) is 9.37 Å². The van der Waals surface area contributed by atoms with Gasteiger partial charge in [0.2, 0.25) is 0 Å². The number of hydrogen-bond donors (Lipinski definition) is 2. The molecule has 106 valence electrons. The molecule has 3 N–H and O–H groups in total. The normalized spacial score (nSPS) is 11.8. The molecule has 0 radical (unpaired) electrons. The molecule has 2 rings (SSSR count). The fourth-order valence-electron chi connectivity index (χ4n) is 2.01. The highest BCUT2D eigenvalue weighted by molar-refractivity contribution is 5.97. The molecule has 0 aliphatic heterocycles. The number of nitrogens with two attached hydrogens (primary N) is 1. The minimum Gasteiger partial charge on any atom is -0.409 e. The topological polar surface area (TPSA) is 76.4 Å². The zero-order valence-electron chi connectivity index (χ0n) is 11.3. The molecule has 0 atom stereocenters. The highest BCUT2D eigenvalue weighted by Gasteiger charge is 2.09. The summed E-state index contributed by atoms with van der Waals surface area (Å²) in [6.07, 6.45) is 5.40. The summed E-state index contributed by atoms with van der Waals surface area (Å²) in [4.78, 5) is 4.26. The largest absolute Gasteiger partial charge is 0.409 e. The quantitative estimate of drug-likeness (QED) is 0.380. The number of benzene rings is 1. The van der Waals surface area contributed by atoms with Gasteiger partial charge < -0.3 is 15.5 Å². The van der Waals surface area contributed by atoms with E-state index in [1.807, 2.05) is 10.8 Å². The summed E-state index contributed by atoms with van der Waals surface area (Å²) < 4.78 is 16.0. The van der Waals surface area contributed by atoms with Crippen molar-refractivity contribution in [3.63, 3.8) is 0 Å². The second kappa shape index (κ2) is 6.18. The van der Waals surface area contributed by atoms with Crippen molar-refractivity contribution in [1.82, 2.24) is 9.55 Å². The third-order valence-electron chi connectivity index (χ3n) is 3.07. The number of amidine groups is 1. The SMILES string of the molecule is CCCc1nccn1Cc1ccc(C(N)=NO)cc1F. The van der Waals surface area contributed by atoms with Crippen molar-refractivity contribution >= 4 is 5.84 Å². The zero-order chi connectivity index (χ0) is 14.5. The monoisotopic (exact) mass is 276 g/mol. The summed E-state index contributed by atoms with van der Waals surface area (Å²) in [6, 6.07) is 4.53. The number of imidazole rings is 1. The van der Waals surface area contributed by atoms with E-state index in [9.17, 15) is 4.39 Å². The van der Waals surface area contributed by atoms with Gasteiger partial charge in [-0.3, -0.25) is 0 Å². The molecule has 0 bridgehead atoms. The molecule has 1 aromatic carbocycles. The Morgan fingerprint density at radius 1 is 1.50 bits per heavy atom. The summed E-state index contributed by atoms with van der Waals surface area (Å²) in [6.45, 7) is 2.49. The van der Waals surface area contributed by atoms with Gasteiger partial charge in [-0.2, -0.15) is 0 Å². The number of aromatic nitrogens is 2. The van der Waals surface area contributed by atoms with Gasteiger partial charge >= 0.3 is 0 Å². The molecule has 0 unspecified atom stereocenters. The lowest BCUT2D eigenvalue weighted by atomic mass is 10.1. The molecule has 20 heavy (non-hydrogen) atoms. The van der Waals surface area contributed by atoms with Gasteiger partial charge in [0, 0.05) is 29.9 Å². The summed E-state index contributed by atoms with van der Waals surface area (Å²) in [5.74, 6) is 0.447. The molecule has 2 aromatic rings. The van der Waals surface area contributed by atoms with Crippen molar-refractivity contribution in [2.75, 3.05) is 0 Å². The highest BCUT2D eigenvalue weighted by atomic mass is 19.1. The van der Waals surface area contributed by atoms with Gasteiger partial charge in [0.25, 0.3) is 0 Å². The first-order valence-corrected chi connectivity index (χ1v) is 6.42. The Balaban J connectivity index is 2.24. The van der Waals surface area contributed by atoms with Crippen molar-refractivity contribution in [3.05, 3.63) is 53.4 Å². The van der Waals surface area contributed by atoms with E-state index in [-0.39, 0.29) is 11.7 Å². The van der Waals surface area contributed by atoms with E-state index < -0.39 is 0 Å². The summed E-state index contributed by atoms with van der Waals surface area (Å²) in [5, 5.41) is 11.4. The maximum atomic E-state index is 14.0. The molecule has 0 aliphatic carbocycles. The van der Waals surface area contributed by atoms with E-state index in [0.717, 1.165) is 18.7 Å². The Labute approximate surface area is 116 Å². The summed E-state index contributed by atoms with van der Waals surface area (Å²) in [5.41, 5.74) is 6.32. The fraction of sp³-hybridized carbons (Fsp3) is 0.286. The minimum absolute atomic E-state index is 0.107. The summed E-state index contributed by atoms with van der Waals surface area (Å²) in [7, 11) is 0. The molecule has 0 aliphatic rings. The van der Waals surface area contributed by atoms with Crippen LogP contribution in [-0.4, -0.2) is 20.6 Å². The van der Waals surface area contributed by atoms with Crippen LogP contribution in [0.25, 0.3) is 0 Å². The van der Waals surface area contributed by atoms with E-state index >= 15 is 0 Å². The first kappa shape index (κ1) is 14.0. The average Bonchev–Trinajstić information content (AvgIpc) is 2.88. The van der Waals surface area contributed by atoms with Crippen LogP contribution in [-0.2, 0) is 13.0 Å². The predicted octanol–water partition coefficient (Wildman–Crippen LogP) is 2.12. The first-order valence-electron chi connectivity index (χ1n) is 6.42. The Morgan fingerprint density at radius 2 is 2.30 bits per heavy atom. The smallest absolute Gasteiger partial charge is 0.170 e. The molecule has 5 nitrogen and oxygen atoms in total. The van der Waals surface area contributed by atoms with Crippen molar-refractivity contribution in [1.29, 1.82) is 0 Å². The van der Waals surface area contributed by atoms with Gasteiger partial charge in [0.15, 0.2) is 5.84 Å². The molecule has 0 saturated carbocycles. The van der Waals surface area contributed by atoms with Crippen molar-refractivity contribution in [2.45, 2.75) is 26.3 Å². The van der Waals surface area contributed by atoms with E-state index in [2.05, 4.69) is 17.1 Å². The van der Waals surface area contributed by atoms with Crippen LogP contribution in [0, 0.1) is 5.82 Å². The van der Waals surface area contributed by atoms with Crippen LogP contribution < -0.4 is 5.73 Å². The van der Waals surface area contributed by atoms with E-state index in [4.69, 9.17) is 10.9 Å². The van der Waals surface area contributed by atoms with Gasteiger partial charge in [-0.1, -0.05) is 24.2 Å². The van der Waals surface area contributed by atoms with E-state index in [1.54, 1.807) is 18.3 Å². The second-order valence-corrected chi connectivity index (χ2v) is 4.51. The van der Waals surface area contributed by atoms with Crippen LogP contribution in [0.4, 0.5) is 4.39 Å². The van der Waals surface area contributed by atoms with Crippen LogP contribution in [0.15, 0.2) is 35.7 Å². The van der Waals surface area contributed by atoms with E-state index in [0.29, 0.717) is 17.7 Å². The molecular formula is C14H17FN4O. The number of oxime groups is 1. The fourth-order valence-corrected chi connectivity index (χ4v) is 2.01. The third kappa shape index (κ3) is 2.96. The Kier molecular flexibility index (Phi) is 4.34. The molecule has 0 fully saturated rings. The molecular weight excluding hydrogens is 259 g/mol. The van der Waals surface area contributed by atoms with Gasteiger partial charge in [0.1, 0.15) is 11.6 Å². The predicted molar refractivity (Wildman–Crippen MR) is 74.2 cm³/mol. The minimum atomic E-state index is -0.384. The van der Waals surface area contributed by atoms with Crippen LogP contribution in [0.2, 0.25) is 0 Å². The van der Waals surface area contributed by atoms with Gasteiger partial charge in [0.05, 0.1) is 6.54 Å². The third-order valence-corrected chi connectivity index (χ3v) is 3.07. The number of hydrogen-bond acceptors (Lipinski definition) is 3. The van der Waals surface area contributed by atoms with Gasteiger partial charge in [-0.05, 0) is 12.5 Å². The molecule has 0 amide bonds. The Hall–Kier alpha value is -2.37. The van der Waals surface area contributed by atoms with Crippen molar-refractivity contribution in [2.24, 2.45) is 10.9 Å². The second-order valence-electron chi connectivity index (χ2n) is 4.51. The lowest BCUT2D eigenvalue weighted by molar-refractivity contribution is 0.318. The Morgan fingerprint density at radius 3 is 2.95 bits per heavy atom. The molecule has 0 spiro atoms. The van der Waals surface area contributed by atoms with Gasteiger partial charge in [-0.15, -0.1) is 0 Å². The lowest BCUT2D eigenvalue weighted by Gasteiger charge is -2.09. The Bertz CT molecular complexity index is 621. The maximum Gasteiger partial charge on any atom is 0.170 e. The number of aryl methyl sites for hydroxylation is 1. The number of halogens is 1. The summed E-state index contributed by atoms with van der Waals surface area (Å²) >= 11 is 0. The lowest BCUT2D eigenvalue weighted by Crippen LogP contribution is -2.14. The van der Waals surface area contributed by atoms with Crippen LogP contribution >= 0.6 is 0 Å². The number of nitrogens with zero attached hydrogens (tertiary/aromatic N) is 3. The van der Waals surface area contributed by atoms with Crippen molar-refractivity contribution in [3.8, 4) is 0 Å². The van der Waals surface area contributed by atoms with Crippen molar-refractivity contribution < 1.29 is 9.60 Å². The molecule has 1 aromatic heterocycles. The first-order chi connectivity index (χ1) is 9.65. The average molecular weight is 276 g/mol. The molecule has 0 saturated heterocycles.